The number of thiophene rings is 1. The summed E-state index contributed by atoms with van der Waals surface area (Å²) in [5.41, 5.74) is 2.59. The number of fused-ring (bicyclic) bond motifs is 1. The molecule has 0 aliphatic heterocycles. The van der Waals surface area contributed by atoms with Crippen molar-refractivity contribution >= 4 is 69.6 Å². The highest BCUT2D eigenvalue weighted by Crippen LogP contribution is 2.32. The maximum absolute atomic E-state index is 6.07. The van der Waals surface area contributed by atoms with Crippen molar-refractivity contribution in [1.29, 1.82) is 0 Å². The third-order valence-corrected chi connectivity index (χ3v) is 3.69. The number of aromatic nitrogens is 2. The molecule has 3 rings (SSSR count). The van der Waals surface area contributed by atoms with Crippen molar-refractivity contribution < 1.29 is 0 Å². The molecule has 0 fully saturated rings. The van der Waals surface area contributed by atoms with Crippen molar-refractivity contribution in [1.82, 2.24) is 9.97 Å². The monoisotopic (exact) mass is 319 g/mol. The fraction of sp³-hybridized carbons (Fsp3) is 0. The third kappa shape index (κ3) is 2.42. The second-order valence-electron chi connectivity index (χ2n) is 3.48. The summed E-state index contributed by atoms with van der Waals surface area (Å²) in [5.74, 6) is 0.637. The van der Waals surface area contributed by atoms with Gasteiger partial charge in [0.1, 0.15) is 5.52 Å². The Labute approximate surface area is 124 Å². The van der Waals surface area contributed by atoms with Gasteiger partial charge in [0.25, 0.3) is 0 Å². The number of benzene rings is 1. The van der Waals surface area contributed by atoms with Crippen molar-refractivity contribution in [3.63, 3.8) is 0 Å². The lowest BCUT2D eigenvalue weighted by Crippen LogP contribution is -1.94. The van der Waals surface area contributed by atoms with Crippen LogP contribution in [0.25, 0.3) is 11.0 Å². The number of anilines is 2. The van der Waals surface area contributed by atoms with Crippen LogP contribution in [0.5, 0.6) is 0 Å². The largest absolute Gasteiger partial charge is 0.323 e. The molecule has 7 heteroatoms. The lowest BCUT2D eigenvalue weighted by Gasteiger charge is -2.06. The number of nitrogens with one attached hydrogen (secondary N) is 2. The second kappa shape index (κ2) is 5.36. The minimum absolute atomic E-state index is 0. The van der Waals surface area contributed by atoms with Gasteiger partial charge in [-0.1, -0.05) is 29.3 Å². The molecule has 0 unspecified atom stereocenters. The zero-order valence-corrected chi connectivity index (χ0v) is 12.1. The summed E-state index contributed by atoms with van der Waals surface area (Å²) >= 11 is 13.7. The lowest BCUT2D eigenvalue weighted by molar-refractivity contribution is 1.31. The number of para-hydroxylation sites is 1. The summed E-state index contributed by atoms with van der Waals surface area (Å²) in [6.07, 6.45) is 0. The molecule has 0 bridgehead atoms. The van der Waals surface area contributed by atoms with Gasteiger partial charge in [-0.05, 0) is 12.1 Å². The zero-order chi connectivity index (χ0) is 11.8. The lowest BCUT2D eigenvalue weighted by atomic mass is 10.3. The van der Waals surface area contributed by atoms with Crippen LogP contribution in [0.2, 0.25) is 10.0 Å². The van der Waals surface area contributed by atoms with Crippen LogP contribution in [0, 0.1) is 0 Å². The molecule has 3 nitrogen and oxygen atoms in total. The number of nitrogens with zero attached hydrogens (tertiary/aromatic N) is 1. The quantitative estimate of drug-likeness (QED) is 0.690. The van der Waals surface area contributed by atoms with Crippen molar-refractivity contribution in [2.75, 3.05) is 5.32 Å². The molecule has 0 saturated heterocycles. The maximum Gasteiger partial charge on any atom is 0.205 e. The summed E-state index contributed by atoms with van der Waals surface area (Å²) in [4.78, 5) is 7.53. The number of imidazole rings is 1. The van der Waals surface area contributed by atoms with Crippen LogP contribution in [0.4, 0.5) is 11.6 Å². The minimum atomic E-state index is 0. The standard InChI is InChI=1S/C11H7Cl2N3S.ClH/c12-6-2-1-3-7(13)10(6)16-11-14-8-4-17-5-9(8)15-11;/h1-5H,(H2,14,15,16);1H. The van der Waals surface area contributed by atoms with Gasteiger partial charge < -0.3 is 10.3 Å². The van der Waals surface area contributed by atoms with Crippen molar-refractivity contribution in [3.8, 4) is 0 Å². The number of halogens is 3. The minimum Gasteiger partial charge on any atom is -0.323 e. The molecule has 3 aromatic rings. The molecule has 94 valence electrons. The van der Waals surface area contributed by atoms with Gasteiger partial charge >= 0.3 is 0 Å². The highest BCUT2D eigenvalue weighted by molar-refractivity contribution is 7.09. The van der Waals surface area contributed by atoms with E-state index < -0.39 is 0 Å². The smallest absolute Gasteiger partial charge is 0.205 e. The van der Waals surface area contributed by atoms with E-state index in [1.54, 1.807) is 29.5 Å². The second-order valence-corrected chi connectivity index (χ2v) is 5.04. The molecule has 18 heavy (non-hydrogen) atoms. The average Bonchev–Trinajstić information content (AvgIpc) is 2.83. The molecule has 0 amide bonds. The molecule has 2 aromatic heterocycles. The molecule has 2 heterocycles. The van der Waals surface area contributed by atoms with Gasteiger partial charge in [0, 0.05) is 10.8 Å². The van der Waals surface area contributed by atoms with E-state index in [4.69, 9.17) is 23.2 Å². The summed E-state index contributed by atoms with van der Waals surface area (Å²) in [7, 11) is 0. The van der Waals surface area contributed by atoms with Crippen LogP contribution in [-0.4, -0.2) is 9.97 Å². The first kappa shape index (κ1) is 13.5. The summed E-state index contributed by atoms with van der Waals surface area (Å²) < 4.78 is 0. The Balaban J connectivity index is 0.00000120. The van der Waals surface area contributed by atoms with E-state index in [-0.39, 0.29) is 12.4 Å². The van der Waals surface area contributed by atoms with Crippen LogP contribution in [0.15, 0.2) is 29.0 Å². The highest BCUT2D eigenvalue weighted by atomic mass is 35.5. The summed E-state index contributed by atoms with van der Waals surface area (Å²) in [5, 5.41) is 8.20. The first-order chi connectivity index (χ1) is 8.24. The Morgan fingerprint density at radius 2 is 1.89 bits per heavy atom. The Hall–Kier alpha value is -0.940. The van der Waals surface area contributed by atoms with Gasteiger partial charge in [-0.25, -0.2) is 4.98 Å². The number of hydrogen-bond donors (Lipinski definition) is 2. The predicted octanol–water partition coefficient (Wildman–Crippen LogP) is 5.10. The Kier molecular flexibility index (Phi) is 4.02. The van der Waals surface area contributed by atoms with E-state index in [0.29, 0.717) is 21.7 Å². The van der Waals surface area contributed by atoms with E-state index in [9.17, 15) is 0 Å². The van der Waals surface area contributed by atoms with E-state index in [1.807, 2.05) is 10.8 Å². The molecule has 0 atom stereocenters. The third-order valence-electron chi connectivity index (χ3n) is 2.33. The van der Waals surface area contributed by atoms with Crippen molar-refractivity contribution in [3.05, 3.63) is 39.0 Å². The SMILES string of the molecule is Cl.Clc1cccc(Cl)c1Nc1nc2cscc2[nH]1. The fourth-order valence-electron chi connectivity index (χ4n) is 1.54. The van der Waals surface area contributed by atoms with Crippen LogP contribution < -0.4 is 5.32 Å². The molecular weight excluding hydrogens is 313 g/mol. The number of aromatic amines is 1. The van der Waals surface area contributed by atoms with Crippen LogP contribution >= 0.6 is 46.9 Å². The number of H-pyrrole nitrogens is 1. The molecule has 1 aromatic carbocycles. The fourth-order valence-corrected chi connectivity index (χ4v) is 2.73. The van der Waals surface area contributed by atoms with Gasteiger partial charge in [0.15, 0.2) is 0 Å². The molecular formula is C11H8Cl3N3S. The van der Waals surface area contributed by atoms with Gasteiger partial charge in [-0.3, -0.25) is 0 Å². The Bertz CT molecular complexity index is 628. The molecule has 0 aliphatic carbocycles. The first-order valence-corrected chi connectivity index (χ1v) is 6.57. The van der Waals surface area contributed by atoms with E-state index in [2.05, 4.69) is 15.3 Å². The van der Waals surface area contributed by atoms with Crippen LogP contribution in [0.3, 0.4) is 0 Å². The topological polar surface area (TPSA) is 40.7 Å². The van der Waals surface area contributed by atoms with Crippen LogP contribution in [0.1, 0.15) is 0 Å². The van der Waals surface area contributed by atoms with E-state index in [1.165, 1.54) is 0 Å². The normalized spacial score (nSPS) is 10.3. The summed E-state index contributed by atoms with van der Waals surface area (Å²) in [6.45, 7) is 0. The van der Waals surface area contributed by atoms with E-state index >= 15 is 0 Å². The maximum atomic E-state index is 6.07. The van der Waals surface area contributed by atoms with Crippen molar-refractivity contribution in [2.24, 2.45) is 0 Å². The number of hydrogen-bond acceptors (Lipinski definition) is 3. The van der Waals surface area contributed by atoms with Gasteiger partial charge in [0.05, 0.1) is 21.2 Å². The van der Waals surface area contributed by atoms with Gasteiger partial charge in [0.2, 0.25) is 5.95 Å². The predicted molar refractivity (Wildman–Crippen MR) is 81.0 cm³/mol. The zero-order valence-electron chi connectivity index (χ0n) is 8.91. The van der Waals surface area contributed by atoms with E-state index in [0.717, 1.165) is 11.0 Å². The molecule has 0 radical (unpaired) electrons. The van der Waals surface area contributed by atoms with Crippen LogP contribution in [-0.2, 0) is 0 Å². The Morgan fingerprint density at radius 1 is 1.17 bits per heavy atom. The molecule has 0 spiro atoms. The van der Waals surface area contributed by atoms with Gasteiger partial charge in [-0.15, -0.1) is 23.7 Å². The highest BCUT2D eigenvalue weighted by Gasteiger charge is 2.08. The van der Waals surface area contributed by atoms with Crippen molar-refractivity contribution in [2.45, 2.75) is 0 Å². The summed E-state index contributed by atoms with van der Waals surface area (Å²) in [6, 6.07) is 5.36. The molecule has 0 saturated carbocycles. The Morgan fingerprint density at radius 3 is 2.56 bits per heavy atom. The molecule has 2 N–H and O–H groups in total. The average molecular weight is 321 g/mol. The van der Waals surface area contributed by atoms with Gasteiger partial charge in [-0.2, -0.15) is 0 Å². The number of rotatable bonds is 2. The molecule has 0 aliphatic rings. The first-order valence-electron chi connectivity index (χ1n) is 4.87.